The summed E-state index contributed by atoms with van der Waals surface area (Å²) in [5.74, 6) is 0. The highest BCUT2D eigenvalue weighted by molar-refractivity contribution is 4.81. The Morgan fingerprint density at radius 1 is 1.25 bits per heavy atom. The first-order valence-electron chi connectivity index (χ1n) is 4.57. The Morgan fingerprint density at radius 2 is 1.92 bits per heavy atom. The van der Waals surface area contributed by atoms with E-state index in [9.17, 15) is 0 Å². The van der Waals surface area contributed by atoms with Gasteiger partial charge in [0.05, 0.1) is 0 Å². The van der Waals surface area contributed by atoms with Crippen molar-refractivity contribution < 1.29 is 0 Å². The summed E-state index contributed by atoms with van der Waals surface area (Å²) in [6.45, 7) is 2.81. The van der Waals surface area contributed by atoms with Crippen LogP contribution >= 0.6 is 0 Å². The van der Waals surface area contributed by atoms with Crippen LogP contribution in [0.2, 0.25) is 0 Å². The van der Waals surface area contributed by atoms with E-state index in [4.69, 9.17) is 5.53 Å². The van der Waals surface area contributed by atoms with Crippen LogP contribution in [-0.2, 0) is 0 Å². The van der Waals surface area contributed by atoms with Gasteiger partial charge in [0.2, 0.25) is 0 Å². The van der Waals surface area contributed by atoms with E-state index in [0.29, 0.717) is 6.54 Å². The first kappa shape index (κ1) is 11.1. The number of allylic oxidation sites excluding steroid dienone is 2. The van der Waals surface area contributed by atoms with Crippen molar-refractivity contribution in [1.29, 1.82) is 0 Å². The standard InChI is InChI=1S/C9H17N3/c1-2-3-4-5-6-7-8-9-11-12-10/h5-6H,2-4,7-9H2,1H3/b6-5+. The topological polar surface area (TPSA) is 48.8 Å². The molecule has 0 aliphatic carbocycles. The van der Waals surface area contributed by atoms with Crippen LogP contribution in [0.3, 0.4) is 0 Å². The van der Waals surface area contributed by atoms with Crippen LogP contribution in [-0.4, -0.2) is 6.54 Å². The number of rotatable bonds is 7. The van der Waals surface area contributed by atoms with Crippen molar-refractivity contribution in [3.05, 3.63) is 22.6 Å². The van der Waals surface area contributed by atoms with Gasteiger partial charge in [-0.1, -0.05) is 37.0 Å². The van der Waals surface area contributed by atoms with Gasteiger partial charge in [-0.25, -0.2) is 0 Å². The minimum atomic E-state index is 0.620. The van der Waals surface area contributed by atoms with Crippen LogP contribution in [0.25, 0.3) is 10.4 Å². The Bertz CT molecular complexity index is 157. The molecule has 0 rings (SSSR count). The third-order valence-corrected chi connectivity index (χ3v) is 1.58. The zero-order valence-electron chi connectivity index (χ0n) is 7.74. The van der Waals surface area contributed by atoms with Gasteiger partial charge in [-0.3, -0.25) is 0 Å². The van der Waals surface area contributed by atoms with Crippen molar-refractivity contribution in [3.63, 3.8) is 0 Å². The first-order valence-corrected chi connectivity index (χ1v) is 4.57. The molecular weight excluding hydrogens is 150 g/mol. The smallest absolute Gasteiger partial charge is 0.0260 e. The lowest BCUT2D eigenvalue weighted by molar-refractivity contribution is 0.803. The second-order valence-electron chi connectivity index (χ2n) is 2.71. The van der Waals surface area contributed by atoms with Crippen LogP contribution in [0.1, 0.15) is 39.0 Å². The van der Waals surface area contributed by atoms with Crippen molar-refractivity contribution in [2.24, 2.45) is 5.11 Å². The van der Waals surface area contributed by atoms with Gasteiger partial charge >= 0.3 is 0 Å². The molecule has 12 heavy (non-hydrogen) atoms. The largest absolute Gasteiger partial charge is 0.0940 e. The normalized spacial score (nSPS) is 10.1. The van der Waals surface area contributed by atoms with E-state index in [2.05, 4.69) is 29.1 Å². The second-order valence-corrected chi connectivity index (χ2v) is 2.71. The van der Waals surface area contributed by atoms with E-state index in [0.717, 1.165) is 12.8 Å². The Morgan fingerprint density at radius 3 is 2.50 bits per heavy atom. The third kappa shape index (κ3) is 9.05. The van der Waals surface area contributed by atoms with Gasteiger partial charge < -0.3 is 0 Å². The quantitative estimate of drug-likeness (QED) is 0.182. The fourth-order valence-corrected chi connectivity index (χ4v) is 0.882. The zero-order chi connectivity index (χ0) is 9.07. The monoisotopic (exact) mass is 167 g/mol. The number of nitrogens with zero attached hydrogens (tertiary/aromatic N) is 3. The van der Waals surface area contributed by atoms with E-state index in [1.165, 1.54) is 19.3 Å². The summed E-state index contributed by atoms with van der Waals surface area (Å²) in [5.41, 5.74) is 7.98. The molecule has 0 spiro atoms. The summed E-state index contributed by atoms with van der Waals surface area (Å²) in [4.78, 5) is 2.68. The van der Waals surface area contributed by atoms with Crippen molar-refractivity contribution in [2.75, 3.05) is 6.54 Å². The van der Waals surface area contributed by atoms with Gasteiger partial charge in [0, 0.05) is 11.5 Å². The van der Waals surface area contributed by atoms with Crippen LogP contribution in [0, 0.1) is 0 Å². The molecule has 0 aromatic heterocycles. The molecule has 3 heteroatoms. The molecule has 0 aliphatic heterocycles. The molecule has 0 saturated carbocycles. The minimum absolute atomic E-state index is 0.620. The molecule has 68 valence electrons. The maximum atomic E-state index is 7.98. The fraction of sp³-hybridized carbons (Fsp3) is 0.778. The molecule has 0 saturated heterocycles. The van der Waals surface area contributed by atoms with Crippen molar-refractivity contribution in [2.45, 2.75) is 39.0 Å². The molecule has 0 fully saturated rings. The molecule has 0 bridgehead atoms. The van der Waals surface area contributed by atoms with Crippen LogP contribution in [0.5, 0.6) is 0 Å². The van der Waals surface area contributed by atoms with Crippen molar-refractivity contribution in [3.8, 4) is 0 Å². The third-order valence-electron chi connectivity index (χ3n) is 1.58. The van der Waals surface area contributed by atoms with Crippen molar-refractivity contribution >= 4 is 0 Å². The molecule has 3 nitrogen and oxygen atoms in total. The Labute approximate surface area is 74.1 Å². The zero-order valence-corrected chi connectivity index (χ0v) is 7.74. The van der Waals surface area contributed by atoms with Crippen LogP contribution in [0.4, 0.5) is 0 Å². The Balaban J connectivity index is 3.07. The van der Waals surface area contributed by atoms with Gasteiger partial charge in [-0.2, -0.15) is 0 Å². The van der Waals surface area contributed by atoms with Gasteiger partial charge in [0.1, 0.15) is 0 Å². The molecule has 0 amide bonds. The molecule has 0 aromatic carbocycles. The van der Waals surface area contributed by atoms with Crippen molar-refractivity contribution in [1.82, 2.24) is 0 Å². The summed E-state index contributed by atoms with van der Waals surface area (Å²) in [6.07, 6.45) is 10.1. The maximum absolute atomic E-state index is 7.98. The maximum Gasteiger partial charge on any atom is 0.0260 e. The molecule has 0 unspecified atom stereocenters. The number of hydrogen-bond donors (Lipinski definition) is 0. The molecule has 0 heterocycles. The number of unbranched alkanes of at least 4 members (excludes halogenated alkanes) is 3. The van der Waals surface area contributed by atoms with E-state index >= 15 is 0 Å². The Hall–Kier alpha value is -0.950. The molecule has 0 radical (unpaired) electrons. The summed E-state index contributed by atoms with van der Waals surface area (Å²) >= 11 is 0. The van der Waals surface area contributed by atoms with Gasteiger partial charge in [0.15, 0.2) is 0 Å². The van der Waals surface area contributed by atoms with Gasteiger partial charge in [-0.15, -0.1) is 0 Å². The summed E-state index contributed by atoms with van der Waals surface area (Å²) in [5, 5.41) is 3.45. The first-order chi connectivity index (χ1) is 5.91. The number of hydrogen-bond acceptors (Lipinski definition) is 1. The van der Waals surface area contributed by atoms with E-state index in [-0.39, 0.29) is 0 Å². The number of azide groups is 1. The lowest BCUT2D eigenvalue weighted by Gasteiger charge is -1.89. The minimum Gasteiger partial charge on any atom is -0.0940 e. The highest BCUT2D eigenvalue weighted by atomic mass is 15.1. The van der Waals surface area contributed by atoms with E-state index in [1.54, 1.807) is 0 Å². The second kappa shape index (κ2) is 10.0. The fourth-order valence-electron chi connectivity index (χ4n) is 0.882. The summed E-state index contributed by atoms with van der Waals surface area (Å²) in [7, 11) is 0. The van der Waals surface area contributed by atoms with Crippen LogP contribution < -0.4 is 0 Å². The van der Waals surface area contributed by atoms with E-state index in [1.807, 2.05) is 0 Å². The summed E-state index contributed by atoms with van der Waals surface area (Å²) in [6, 6.07) is 0. The van der Waals surface area contributed by atoms with E-state index < -0.39 is 0 Å². The molecule has 0 aliphatic rings. The highest BCUT2D eigenvalue weighted by Crippen LogP contribution is 1.98. The Kier molecular flexibility index (Phi) is 9.25. The highest BCUT2D eigenvalue weighted by Gasteiger charge is 1.81. The molecule has 0 atom stereocenters. The lowest BCUT2D eigenvalue weighted by atomic mass is 10.2. The predicted molar refractivity (Wildman–Crippen MR) is 51.9 cm³/mol. The van der Waals surface area contributed by atoms with Crippen LogP contribution in [0.15, 0.2) is 17.3 Å². The van der Waals surface area contributed by atoms with Gasteiger partial charge in [0.25, 0.3) is 0 Å². The molecule has 0 aromatic rings. The SMILES string of the molecule is CCCC/C=C/CCCN=[N+]=[N-]. The molecular formula is C9H17N3. The predicted octanol–water partition coefficient (Wildman–Crippen LogP) is 3.82. The summed E-state index contributed by atoms with van der Waals surface area (Å²) < 4.78 is 0. The lowest BCUT2D eigenvalue weighted by Crippen LogP contribution is -1.75. The molecule has 0 N–H and O–H groups in total. The average Bonchev–Trinajstić information content (AvgIpc) is 2.10. The average molecular weight is 167 g/mol. The van der Waals surface area contributed by atoms with Gasteiger partial charge in [-0.05, 0) is 24.8 Å².